The lowest BCUT2D eigenvalue weighted by Crippen LogP contribution is -2.05. The summed E-state index contributed by atoms with van der Waals surface area (Å²) in [5, 5.41) is 19.6. The van der Waals surface area contributed by atoms with Crippen LogP contribution in [0, 0.1) is 10.1 Å². The predicted octanol–water partition coefficient (Wildman–Crippen LogP) is 2.79. The zero-order valence-electron chi connectivity index (χ0n) is 7.81. The molecule has 1 unspecified atom stereocenters. The van der Waals surface area contributed by atoms with Gasteiger partial charge in [0.1, 0.15) is 5.56 Å². The summed E-state index contributed by atoms with van der Waals surface area (Å²) in [7, 11) is 0. The Hall–Kier alpha value is -1.18. The molecule has 80 valence electrons. The average molecular weight is 321 g/mol. The van der Waals surface area contributed by atoms with Gasteiger partial charge in [0.25, 0.3) is 5.69 Å². The number of carbonyl (C=O) groups is 1. The van der Waals surface area contributed by atoms with E-state index in [0.717, 1.165) is 0 Å². The molecule has 0 aromatic heterocycles. The van der Waals surface area contributed by atoms with Gasteiger partial charge in [0.05, 0.1) is 4.92 Å². The van der Waals surface area contributed by atoms with E-state index in [-0.39, 0.29) is 15.2 Å². The second kappa shape index (κ2) is 4.56. The molecule has 1 aromatic carbocycles. The minimum Gasteiger partial charge on any atom is -0.477 e. The van der Waals surface area contributed by atoms with E-state index in [9.17, 15) is 14.9 Å². The highest BCUT2D eigenvalue weighted by molar-refractivity contribution is 14.1. The van der Waals surface area contributed by atoms with Gasteiger partial charge in [0.2, 0.25) is 0 Å². The molecule has 6 heteroatoms. The number of alkyl halides is 1. The van der Waals surface area contributed by atoms with Crippen molar-refractivity contribution >= 4 is 34.2 Å². The van der Waals surface area contributed by atoms with Gasteiger partial charge in [-0.2, -0.15) is 0 Å². The van der Waals surface area contributed by atoms with Crippen LogP contribution < -0.4 is 0 Å². The van der Waals surface area contributed by atoms with Gasteiger partial charge in [0, 0.05) is 9.49 Å². The topological polar surface area (TPSA) is 80.4 Å². The number of carboxylic acid groups (broad SMARTS) is 1. The molecule has 1 aromatic rings. The van der Waals surface area contributed by atoms with Gasteiger partial charge in [-0.1, -0.05) is 34.7 Å². The summed E-state index contributed by atoms with van der Waals surface area (Å²) < 4.78 is -0.109. The summed E-state index contributed by atoms with van der Waals surface area (Å²) in [5.41, 5.74) is -0.145. The monoisotopic (exact) mass is 321 g/mol. The lowest BCUT2D eigenvalue weighted by atomic mass is 10.1. The molecule has 0 fully saturated rings. The van der Waals surface area contributed by atoms with Gasteiger partial charge in [0.15, 0.2) is 0 Å². The summed E-state index contributed by atoms with van der Waals surface area (Å²) in [6, 6.07) is 4.33. The molecule has 0 heterocycles. The number of benzene rings is 1. The van der Waals surface area contributed by atoms with Crippen LogP contribution in [-0.2, 0) is 0 Å². The van der Waals surface area contributed by atoms with Crippen LogP contribution in [0.4, 0.5) is 5.69 Å². The molecule has 1 N–H and O–H groups in total. The van der Waals surface area contributed by atoms with Gasteiger partial charge in [-0.15, -0.1) is 0 Å². The van der Waals surface area contributed by atoms with Gasteiger partial charge < -0.3 is 5.11 Å². The Morgan fingerprint density at radius 3 is 2.60 bits per heavy atom. The third-order valence-corrected chi connectivity index (χ3v) is 2.58. The number of rotatable bonds is 3. The SMILES string of the molecule is CC(I)c1cccc(C(=O)O)c1[N+](=O)[O-]. The van der Waals surface area contributed by atoms with Gasteiger partial charge in [-0.3, -0.25) is 10.1 Å². The molecule has 5 nitrogen and oxygen atoms in total. The van der Waals surface area contributed by atoms with E-state index in [1.165, 1.54) is 12.1 Å². The van der Waals surface area contributed by atoms with Crippen molar-refractivity contribution in [2.75, 3.05) is 0 Å². The number of carboxylic acids is 1. The molecule has 0 spiro atoms. The highest BCUT2D eigenvalue weighted by Crippen LogP contribution is 2.33. The maximum absolute atomic E-state index is 10.8. The van der Waals surface area contributed by atoms with Gasteiger partial charge >= 0.3 is 5.97 Å². The van der Waals surface area contributed by atoms with Crippen molar-refractivity contribution < 1.29 is 14.8 Å². The normalized spacial score (nSPS) is 12.1. The molecule has 0 saturated heterocycles. The zero-order chi connectivity index (χ0) is 11.6. The summed E-state index contributed by atoms with van der Waals surface area (Å²) in [6.07, 6.45) is 0. The number of aromatic carboxylic acids is 1. The Kier molecular flexibility index (Phi) is 3.61. The van der Waals surface area contributed by atoms with Crippen LogP contribution in [0.25, 0.3) is 0 Å². The standard InChI is InChI=1S/C9H8INO4/c1-5(10)6-3-2-4-7(9(12)13)8(6)11(14)15/h2-5H,1H3,(H,12,13). The Morgan fingerprint density at radius 1 is 1.60 bits per heavy atom. The van der Waals surface area contributed by atoms with Crippen molar-refractivity contribution in [1.29, 1.82) is 0 Å². The van der Waals surface area contributed by atoms with Crippen molar-refractivity contribution in [3.63, 3.8) is 0 Å². The molecular weight excluding hydrogens is 313 g/mol. The fourth-order valence-corrected chi connectivity index (χ4v) is 1.76. The lowest BCUT2D eigenvalue weighted by Gasteiger charge is -2.06. The van der Waals surface area contributed by atoms with Crippen molar-refractivity contribution in [1.82, 2.24) is 0 Å². The third-order valence-electron chi connectivity index (χ3n) is 1.91. The van der Waals surface area contributed by atoms with E-state index in [0.29, 0.717) is 5.56 Å². The molecular formula is C9H8INO4. The summed E-state index contributed by atoms with van der Waals surface area (Å²) in [6.45, 7) is 1.77. The summed E-state index contributed by atoms with van der Waals surface area (Å²) in [5.74, 6) is -1.28. The first kappa shape index (κ1) is 11.9. The van der Waals surface area contributed by atoms with Crippen LogP contribution in [0.15, 0.2) is 18.2 Å². The minimum atomic E-state index is -1.28. The molecule has 15 heavy (non-hydrogen) atoms. The van der Waals surface area contributed by atoms with Gasteiger partial charge in [-0.05, 0) is 13.0 Å². The number of nitro groups is 1. The first-order valence-corrected chi connectivity index (χ1v) is 5.34. The fourth-order valence-electron chi connectivity index (χ4n) is 1.26. The first-order valence-electron chi connectivity index (χ1n) is 4.09. The van der Waals surface area contributed by atoms with Crippen molar-refractivity contribution in [2.45, 2.75) is 10.8 Å². The van der Waals surface area contributed by atoms with E-state index in [1.807, 2.05) is 22.6 Å². The van der Waals surface area contributed by atoms with Crippen LogP contribution >= 0.6 is 22.6 Å². The van der Waals surface area contributed by atoms with Crippen LogP contribution in [0.2, 0.25) is 0 Å². The van der Waals surface area contributed by atoms with Crippen LogP contribution in [-0.4, -0.2) is 16.0 Å². The molecule has 0 saturated carbocycles. The smallest absolute Gasteiger partial charge is 0.342 e. The van der Waals surface area contributed by atoms with E-state index in [1.54, 1.807) is 13.0 Å². The quantitative estimate of drug-likeness (QED) is 0.402. The number of hydrogen-bond acceptors (Lipinski definition) is 3. The second-order valence-corrected chi connectivity index (χ2v) is 4.79. The molecule has 1 atom stereocenters. The largest absolute Gasteiger partial charge is 0.477 e. The van der Waals surface area contributed by atoms with Crippen LogP contribution in [0.1, 0.15) is 26.8 Å². The van der Waals surface area contributed by atoms with E-state index < -0.39 is 10.9 Å². The highest BCUT2D eigenvalue weighted by Gasteiger charge is 2.25. The Morgan fingerprint density at radius 2 is 2.20 bits per heavy atom. The molecule has 0 aliphatic carbocycles. The predicted molar refractivity (Wildman–Crippen MR) is 62.5 cm³/mol. The minimum absolute atomic E-state index is 0.109. The van der Waals surface area contributed by atoms with E-state index >= 15 is 0 Å². The van der Waals surface area contributed by atoms with Crippen molar-refractivity contribution in [3.8, 4) is 0 Å². The number of halogens is 1. The van der Waals surface area contributed by atoms with Crippen molar-refractivity contribution in [2.24, 2.45) is 0 Å². The molecule has 0 bridgehead atoms. The van der Waals surface area contributed by atoms with Gasteiger partial charge in [-0.25, -0.2) is 4.79 Å². The van der Waals surface area contributed by atoms with Crippen LogP contribution in [0.5, 0.6) is 0 Å². The maximum Gasteiger partial charge on any atom is 0.342 e. The number of hydrogen-bond donors (Lipinski definition) is 1. The molecule has 0 amide bonds. The second-order valence-electron chi connectivity index (χ2n) is 2.92. The lowest BCUT2D eigenvalue weighted by molar-refractivity contribution is -0.385. The van der Waals surface area contributed by atoms with Crippen molar-refractivity contribution in [3.05, 3.63) is 39.4 Å². The van der Waals surface area contributed by atoms with Crippen LogP contribution in [0.3, 0.4) is 0 Å². The first-order chi connectivity index (χ1) is 6.95. The Bertz CT molecular complexity index is 417. The Balaban J connectivity index is 3.48. The molecule has 0 aliphatic rings. The van der Waals surface area contributed by atoms with E-state index in [4.69, 9.17) is 5.11 Å². The molecule has 1 rings (SSSR count). The number of nitrogens with zero attached hydrogens (tertiary/aromatic N) is 1. The number of para-hydroxylation sites is 1. The number of nitro benzene ring substituents is 1. The molecule has 0 aliphatic heterocycles. The average Bonchev–Trinajstić information content (AvgIpc) is 2.16. The Labute approximate surface area is 99.4 Å². The highest BCUT2D eigenvalue weighted by atomic mass is 127. The summed E-state index contributed by atoms with van der Waals surface area (Å²) >= 11 is 2.01. The maximum atomic E-state index is 10.8. The summed E-state index contributed by atoms with van der Waals surface area (Å²) in [4.78, 5) is 20.9. The fraction of sp³-hybridized carbons (Fsp3) is 0.222. The zero-order valence-corrected chi connectivity index (χ0v) is 9.96. The van der Waals surface area contributed by atoms with E-state index in [2.05, 4.69) is 0 Å². The third kappa shape index (κ3) is 2.44. The molecule has 0 radical (unpaired) electrons.